The number of anilines is 1. The molecule has 1 N–H and O–H groups in total. The summed E-state index contributed by atoms with van der Waals surface area (Å²) in [6, 6.07) is 5.40. The molecule has 110 valence electrons. The molecule has 0 bridgehead atoms. The molecule has 0 aliphatic carbocycles. The summed E-state index contributed by atoms with van der Waals surface area (Å²) < 4.78 is 5.71. The van der Waals surface area contributed by atoms with Gasteiger partial charge >= 0.3 is 0 Å². The summed E-state index contributed by atoms with van der Waals surface area (Å²) in [5.74, 6) is 0.940. The van der Waals surface area contributed by atoms with Gasteiger partial charge in [-0.05, 0) is 30.5 Å². The van der Waals surface area contributed by atoms with Crippen LogP contribution >= 0.6 is 0 Å². The molecular weight excluding hydrogens is 268 g/mol. The molecule has 5 heteroatoms. The first-order chi connectivity index (χ1) is 9.99. The predicted molar refractivity (Wildman–Crippen MR) is 78.9 cm³/mol. The van der Waals surface area contributed by atoms with Crippen molar-refractivity contribution in [2.75, 3.05) is 4.90 Å². The molecule has 2 amide bonds. The molecule has 1 unspecified atom stereocenters. The van der Waals surface area contributed by atoms with Crippen LogP contribution in [0.3, 0.4) is 0 Å². The van der Waals surface area contributed by atoms with Crippen molar-refractivity contribution in [2.45, 2.75) is 38.6 Å². The number of benzene rings is 1. The van der Waals surface area contributed by atoms with Gasteiger partial charge in [0.15, 0.2) is 11.6 Å². The van der Waals surface area contributed by atoms with Crippen molar-refractivity contribution >= 4 is 17.5 Å². The molecule has 1 saturated heterocycles. The summed E-state index contributed by atoms with van der Waals surface area (Å²) in [4.78, 5) is 25.3. The van der Waals surface area contributed by atoms with Crippen LogP contribution in [-0.4, -0.2) is 17.9 Å². The third-order valence-corrected chi connectivity index (χ3v) is 3.91. The van der Waals surface area contributed by atoms with E-state index in [0.717, 1.165) is 17.0 Å². The molecule has 3 rings (SSSR count). The minimum atomic E-state index is -0.448. The van der Waals surface area contributed by atoms with Gasteiger partial charge in [0.2, 0.25) is 11.8 Å². The molecule has 5 nitrogen and oxygen atoms in total. The Balaban J connectivity index is 2.04. The van der Waals surface area contributed by atoms with Gasteiger partial charge in [0.25, 0.3) is 0 Å². The first-order valence-electron chi connectivity index (χ1n) is 7.11. The Morgan fingerprint density at radius 1 is 1.38 bits per heavy atom. The van der Waals surface area contributed by atoms with Crippen molar-refractivity contribution < 1.29 is 14.3 Å². The third kappa shape index (κ3) is 2.18. The molecule has 0 aromatic heterocycles. The zero-order valence-corrected chi connectivity index (χ0v) is 12.2. The summed E-state index contributed by atoms with van der Waals surface area (Å²) in [5, 5.41) is 2.39. The number of carbonyl (C=O) groups excluding carboxylic acids is 2. The Bertz CT molecular complexity index is 636. The summed E-state index contributed by atoms with van der Waals surface area (Å²) in [5.41, 5.74) is 2.00. The lowest BCUT2D eigenvalue weighted by molar-refractivity contribution is -0.134. The highest BCUT2D eigenvalue weighted by molar-refractivity contribution is 6.02. The van der Waals surface area contributed by atoms with Crippen molar-refractivity contribution in [1.29, 1.82) is 0 Å². The number of rotatable bonds is 2. The highest BCUT2D eigenvalue weighted by Crippen LogP contribution is 2.45. The van der Waals surface area contributed by atoms with Gasteiger partial charge < -0.3 is 4.74 Å². The van der Waals surface area contributed by atoms with Crippen LogP contribution in [0.15, 0.2) is 30.7 Å². The Morgan fingerprint density at radius 3 is 2.81 bits per heavy atom. The summed E-state index contributed by atoms with van der Waals surface area (Å²) >= 11 is 0. The van der Waals surface area contributed by atoms with Gasteiger partial charge in [0.05, 0.1) is 5.69 Å². The first-order valence-corrected chi connectivity index (χ1v) is 7.11. The lowest BCUT2D eigenvalue weighted by Gasteiger charge is -2.31. The highest BCUT2D eigenvalue weighted by Gasteiger charge is 2.39. The SMILES string of the molecule is C=C1Oc2cccc(C(C)C)c2N1C1CCC(=O)NC1=O. The zero-order valence-electron chi connectivity index (χ0n) is 12.2. The molecule has 1 aromatic rings. The molecule has 2 aliphatic heterocycles. The number of nitrogens with one attached hydrogen (secondary N) is 1. The van der Waals surface area contributed by atoms with Crippen LogP contribution < -0.4 is 15.0 Å². The standard InChI is InChI=1S/C16H18N2O3/c1-9(2)11-5-4-6-13-15(11)18(10(3)21-13)12-7-8-14(19)17-16(12)20/h4-6,9,12H,3,7-8H2,1-2H3,(H,17,19,20). The summed E-state index contributed by atoms with van der Waals surface area (Å²) in [7, 11) is 0. The molecule has 0 saturated carbocycles. The van der Waals surface area contributed by atoms with Crippen LogP contribution in [0.5, 0.6) is 5.75 Å². The van der Waals surface area contributed by atoms with E-state index >= 15 is 0 Å². The van der Waals surface area contributed by atoms with E-state index in [1.54, 1.807) is 0 Å². The molecule has 2 heterocycles. The van der Waals surface area contributed by atoms with E-state index in [1.165, 1.54) is 0 Å². The number of hydrogen-bond acceptors (Lipinski definition) is 4. The van der Waals surface area contributed by atoms with Crippen molar-refractivity contribution in [3.63, 3.8) is 0 Å². The van der Waals surface area contributed by atoms with E-state index in [2.05, 4.69) is 25.7 Å². The van der Waals surface area contributed by atoms with E-state index in [-0.39, 0.29) is 11.8 Å². The number of carbonyl (C=O) groups is 2. The van der Waals surface area contributed by atoms with Crippen LogP contribution in [-0.2, 0) is 9.59 Å². The second-order valence-corrected chi connectivity index (χ2v) is 5.68. The van der Waals surface area contributed by atoms with Crippen LogP contribution in [0, 0.1) is 0 Å². The average molecular weight is 286 g/mol. The van der Waals surface area contributed by atoms with Gasteiger partial charge in [-0.25, -0.2) is 0 Å². The van der Waals surface area contributed by atoms with E-state index in [0.29, 0.717) is 24.6 Å². The lowest BCUT2D eigenvalue weighted by atomic mass is 9.97. The third-order valence-electron chi connectivity index (χ3n) is 3.91. The summed E-state index contributed by atoms with van der Waals surface area (Å²) in [6.45, 7) is 8.11. The van der Waals surface area contributed by atoms with Crippen LogP contribution in [0.2, 0.25) is 0 Å². The normalized spacial score (nSPS) is 21.4. The molecule has 2 aliphatic rings. The molecule has 0 radical (unpaired) electrons. The Hall–Kier alpha value is -2.30. The largest absolute Gasteiger partial charge is 0.439 e. The quantitative estimate of drug-likeness (QED) is 0.847. The number of imide groups is 1. The number of amides is 2. The minimum Gasteiger partial charge on any atom is -0.439 e. The summed E-state index contributed by atoms with van der Waals surface area (Å²) in [6.07, 6.45) is 0.804. The van der Waals surface area contributed by atoms with Crippen LogP contribution in [0.1, 0.15) is 38.2 Å². The number of ether oxygens (including phenoxy) is 1. The van der Waals surface area contributed by atoms with E-state index in [4.69, 9.17) is 4.74 Å². The molecule has 1 fully saturated rings. The maximum atomic E-state index is 12.2. The monoisotopic (exact) mass is 286 g/mol. The lowest BCUT2D eigenvalue weighted by Crippen LogP contribution is -2.52. The smallest absolute Gasteiger partial charge is 0.249 e. The molecular formula is C16H18N2O3. The fourth-order valence-electron chi connectivity index (χ4n) is 2.90. The zero-order chi connectivity index (χ0) is 15.1. The Morgan fingerprint density at radius 2 is 2.14 bits per heavy atom. The topological polar surface area (TPSA) is 58.6 Å². The molecule has 0 spiro atoms. The number of para-hydroxylation sites is 1. The molecule has 1 atom stereocenters. The second-order valence-electron chi connectivity index (χ2n) is 5.68. The number of hydrogen-bond donors (Lipinski definition) is 1. The van der Waals surface area contributed by atoms with Crippen LogP contribution in [0.4, 0.5) is 5.69 Å². The van der Waals surface area contributed by atoms with Gasteiger partial charge in [-0.1, -0.05) is 26.0 Å². The van der Waals surface area contributed by atoms with E-state index in [1.807, 2.05) is 23.1 Å². The Kier molecular flexibility index (Phi) is 3.20. The maximum Gasteiger partial charge on any atom is 0.249 e. The Labute approximate surface area is 123 Å². The van der Waals surface area contributed by atoms with Crippen LogP contribution in [0.25, 0.3) is 0 Å². The average Bonchev–Trinajstić information content (AvgIpc) is 2.74. The first kappa shape index (κ1) is 13.7. The predicted octanol–water partition coefficient (Wildman–Crippen LogP) is 2.29. The maximum absolute atomic E-state index is 12.2. The molecule has 21 heavy (non-hydrogen) atoms. The van der Waals surface area contributed by atoms with E-state index in [9.17, 15) is 9.59 Å². The highest BCUT2D eigenvalue weighted by atomic mass is 16.5. The van der Waals surface area contributed by atoms with Crippen molar-refractivity contribution in [1.82, 2.24) is 5.32 Å². The van der Waals surface area contributed by atoms with E-state index < -0.39 is 6.04 Å². The number of nitrogens with zero attached hydrogens (tertiary/aromatic N) is 1. The second kappa shape index (κ2) is 4.91. The fraction of sp³-hybridized carbons (Fsp3) is 0.375. The number of piperidine rings is 1. The van der Waals surface area contributed by atoms with Gasteiger partial charge in [-0.15, -0.1) is 0 Å². The van der Waals surface area contributed by atoms with Gasteiger partial charge in [0, 0.05) is 6.42 Å². The number of fused-ring (bicyclic) bond motifs is 1. The minimum absolute atomic E-state index is 0.223. The molecule has 1 aromatic carbocycles. The van der Waals surface area contributed by atoms with Crippen molar-refractivity contribution in [3.8, 4) is 5.75 Å². The fourth-order valence-corrected chi connectivity index (χ4v) is 2.90. The van der Waals surface area contributed by atoms with Gasteiger partial charge in [-0.3, -0.25) is 19.8 Å². The van der Waals surface area contributed by atoms with Gasteiger partial charge in [0.1, 0.15) is 6.04 Å². The van der Waals surface area contributed by atoms with Crippen molar-refractivity contribution in [3.05, 3.63) is 36.2 Å². The van der Waals surface area contributed by atoms with Gasteiger partial charge in [-0.2, -0.15) is 0 Å². The van der Waals surface area contributed by atoms with Crippen molar-refractivity contribution in [2.24, 2.45) is 0 Å².